The molecule has 6 heteroatoms. The molecule has 0 fully saturated rings. The van der Waals surface area contributed by atoms with E-state index in [4.69, 9.17) is 19.4 Å². The van der Waals surface area contributed by atoms with Crippen molar-refractivity contribution < 1.29 is 4.42 Å². The van der Waals surface area contributed by atoms with Gasteiger partial charge in [0.15, 0.2) is 23.1 Å². The van der Waals surface area contributed by atoms with Gasteiger partial charge in [0, 0.05) is 58.4 Å². The third-order valence-electron chi connectivity index (χ3n) is 11.8. The predicted octanol–water partition coefficient (Wildman–Crippen LogP) is 14.5. The number of benzene rings is 9. The summed E-state index contributed by atoms with van der Waals surface area (Å²) < 4.78 is 11.7. The van der Waals surface area contributed by atoms with Gasteiger partial charge in [-0.2, -0.15) is 0 Å². The van der Waals surface area contributed by atoms with Gasteiger partial charge in [-0.05, 0) is 70.1 Å². The normalized spacial score (nSPS) is 12.1. The Morgan fingerprint density at radius 1 is 0.407 bits per heavy atom. The zero-order chi connectivity index (χ0) is 38.6. The molecule has 0 saturated carbocycles. The third kappa shape index (κ3) is 4.81. The van der Waals surface area contributed by atoms with Crippen LogP contribution in [-0.4, -0.2) is 19.5 Å². The van der Waals surface area contributed by atoms with Crippen LogP contribution in [0.3, 0.4) is 0 Å². The lowest BCUT2D eigenvalue weighted by Crippen LogP contribution is -2.02. The minimum absolute atomic E-state index is 0.590. The molecule has 5 nitrogen and oxygen atoms in total. The fourth-order valence-electron chi connectivity index (χ4n) is 9.17. The van der Waals surface area contributed by atoms with Crippen LogP contribution in [0, 0.1) is 0 Å². The molecular formula is C53H30N4OS. The Bertz CT molecular complexity index is 3870. The maximum atomic E-state index is 6.94. The SMILES string of the molecule is c1ccc2cc3c(cc2c1)c1ccccc1n3-c1ccc(-c2nc(-c3cccc4ccccc34)nc(-c3cccc4c3sc3ccccc34)n2)c2c1oc1ccccc12. The Morgan fingerprint density at radius 2 is 1.02 bits per heavy atom. The maximum Gasteiger partial charge on any atom is 0.165 e. The largest absolute Gasteiger partial charge is 0.454 e. The summed E-state index contributed by atoms with van der Waals surface area (Å²) in [5, 5.41) is 11.4. The number of nitrogens with zero attached hydrogens (tertiary/aromatic N) is 4. The van der Waals surface area contributed by atoms with Gasteiger partial charge >= 0.3 is 0 Å². The van der Waals surface area contributed by atoms with E-state index in [-0.39, 0.29) is 0 Å². The van der Waals surface area contributed by atoms with Crippen molar-refractivity contribution in [1.29, 1.82) is 0 Å². The van der Waals surface area contributed by atoms with Crippen molar-refractivity contribution >= 4 is 96.8 Å². The first-order chi connectivity index (χ1) is 29.2. The lowest BCUT2D eigenvalue weighted by molar-refractivity contribution is 0.666. The maximum absolute atomic E-state index is 6.94. The lowest BCUT2D eigenvalue weighted by atomic mass is 10.0. The van der Waals surface area contributed by atoms with Gasteiger partial charge in [-0.3, -0.25) is 0 Å². The second-order valence-electron chi connectivity index (χ2n) is 15.1. The van der Waals surface area contributed by atoms with Crippen molar-refractivity contribution in [2.75, 3.05) is 0 Å². The van der Waals surface area contributed by atoms with Crippen LogP contribution in [0.1, 0.15) is 0 Å². The molecule has 9 aromatic carbocycles. The summed E-state index contributed by atoms with van der Waals surface area (Å²) in [6.07, 6.45) is 0. The summed E-state index contributed by atoms with van der Waals surface area (Å²) in [5.74, 6) is 1.85. The first-order valence-corrected chi connectivity index (χ1v) is 20.6. The molecule has 0 aliphatic heterocycles. The molecular weight excluding hydrogens is 741 g/mol. The summed E-state index contributed by atoms with van der Waals surface area (Å²) in [6.45, 7) is 0. The van der Waals surface area contributed by atoms with Gasteiger partial charge in [0.1, 0.15) is 5.58 Å². The number of fused-ring (bicyclic) bond motifs is 11. The molecule has 0 atom stereocenters. The standard InChI is InChI=1S/C53H30N4OS/c1-2-15-33-30-45-42(29-32(33)14-1)35-18-5-8-24-43(35)57(45)44-28-27-40(48-39-20-6-9-25-46(39)58-49(44)48)52-54-51(38-22-11-16-31-13-3-4-17-34(31)38)55-53(56-52)41-23-12-21-37-36-19-7-10-26-47(36)59-50(37)41/h1-30H. The van der Waals surface area contributed by atoms with Gasteiger partial charge in [0.05, 0.1) is 16.7 Å². The monoisotopic (exact) mass is 770 g/mol. The van der Waals surface area contributed by atoms with Gasteiger partial charge in [0.2, 0.25) is 0 Å². The third-order valence-corrected chi connectivity index (χ3v) is 13.1. The number of rotatable bonds is 4. The minimum Gasteiger partial charge on any atom is -0.454 e. The molecule has 0 spiro atoms. The number of para-hydroxylation sites is 2. The van der Waals surface area contributed by atoms with Crippen LogP contribution in [0.5, 0.6) is 0 Å². The molecule has 0 radical (unpaired) electrons. The van der Waals surface area contributed by atoms with E-state index < -0.39 is 0 Å². The van der Waals surface area contributed by atoms with E-state index in [1.807, 2.05) is 12.1 Å². The molecule has 4 aromatic heterocycles. The number of hydrogen-bond donors (Lipinski definition) is 0. The van der Waals surface area contributed by atoms with E-state index in [1.54, 1.807) is 11.3 Å². The first kappa shape index (κ1) is 32.4. The molecule has 274 valence electrons. The Hall–Kier alpha value is -7.67. The van der Waals surface area contributed by atoms with Crippen LogP contribution >= 0.6 is 11.3 Å². The summed E-state index contributed by atoms with van der Waals surface area (Å²) in [6, 6.07) is 64.3. The Morgan fingerprint density at radius 3 is 1.88 bits per heavy atom. The summed E-state index contributed by atoms with van der Waals surface area (Å²) in [5.41, 5.74) is 7.60. The van der Waals surface area contributed by atoms with E-state index in [9.17, 15) is 0 Å². The average molecular weight is 771 g/mol. The molecule has 0 aliphatic carbocycles. The van der Waals surface area contributed by atoms with Crippen LogP contribution in [0.25, 0.3) is 125 Å². The Kier molecular flexibility index (Phi) is 6.82. The topological polar surface area (TPSA) is 56.7 Å². The summed E-state index contributed by atoms with van der Waals surface area (Å²) in [7, 11) is 0. The Labute approximate surface area is 341 Å². The van der Waals surface area contributed by atoms with Crippen LogP contribution < -0.4 is 0 Å². The van der Waals surface area contributed by atoms with E-state index >= 15 is 0 Å². The molecule has 0 aliphatic rings. The highest BCUT2D eigenvalue weighted by Gasteiger charge is 2.24. The van der Waals surface area contributed by atoms with Gasteiger partial charge in [-0.25, -0.2) is 15.0 Å². The highest BCUT2D eigenvalue weighted by Crippen LogP contribution is 2.44. The molecule has 4 heterocycles. The van der Waals surface area contributed by atoms with E-state index in [0.29, 0.717) is 17.5 Å². The highest BCUT2D eigenvalue weighted by atomic mass is 32.1. The first-order valence-electron chi connectivity index (χ1n) is 19.8. The molecule has 0 N–H and O–H groups in total. The lowest BCUT2D eigenvalue weighted by Gasteiger charge is -2.13. The van der Waals surface area contributed by atoms with Crippen LogP contribution in [0.4, 0.5) is 0 Å². The molecule has 13 aromatic rings. The quantitative estimate of drug-likeness (QED) is 0.179. The van der Waals surface area contributed by atoms with Crippen molar-refractivity contribution in [3.05, 3.63) is 182 Å². The van der Waals surface area contributed by atoms with Gasteiger partial charge in [-0.15, -0.1) is 11.3 Å². The van der Waals surface area contributed by atoms with Crippen LogP contribution in [-0.2, 0) is 0 Å². The molecule has 0 saturated heterocycles. The predicted molar refractivity (Wildman–Crippen MR) is 246 cm³/mol. The number of thiophene rings is 1. The molecule has 0 unspecified atom stereocenters. The van der Waals surface area contributed by atoms with Crippen molar-refractivity contribution in [2.45, 2.75) is 0 Å². The summed E-state index contributed by atoms with van der Waals surface area (Å²) >= 11 is 1.78. The number of furan rings is 1. The number of aromatic nitrogens is 4. The highest BCUT2D eigenvalue weighted by molar-refractivity contribution is 7.26. The molecule has 59 heavy (non-hydrogen) atoms. The van der Waals surface area contributed by atoms with E-state index in [2.05, 4.69) is 174 Å². The van der Waals surface area contributed by atoms with Gasteiger partial charge < -0.3 is 8.98 Å². The van der Waals surface area contributed by atoms with Crippen molar-refractivity contribution in [2.24, 2.45) is 0 Å². The zero-order valence-corrected chi connectivity index (χ0v) is 32.2. The minimum atomic E-state index is 0.590. The number of hydrogen-bond acceptors (Lipinski definition) is 5. The summed E-state index contributed by atoms with van der Waals surface area (Å²) in [4.78, 5) is 16.1. The van der Waals surface area contributed by atoms with Crippen LogP contribution in [0.15, 0.2) is 186 Å². The smallest absolute Gasteiger partial charge is 0.165 e. The Balaban J connectivity index is 1.12. The zero-order valence-electron chi connectivity index (χ0n) is 31.4. The molecule has 13 rings (SSSR count). The fraction of sp³-hybridized carbons (Fsp3) is 0. The van der Waals surface area contributed by atoms with E-state index in [0.717, 1.165) is 70.8 Å². The van der Waals surface area contributed by atoms with Crippen molar-refractivity contribution in [3.63, 3.8) is 0 Å². The van der Waals surface area contributed by atoms with Crippen LogP contribution in [0.2, 0.25) is 0 Å². The molecule has 0 bridgehead atoms. The van der Waals surface area contributed by atoms with Gasteiger partial charge in [-0.1, -0.05) is 133 Å². The fourth-order valence-corrected chi connectivity index (χ4v) is 10.4. The van der Waals surface area contributed by atoms with Crippen molar-refractivity contribution in [3.8, 4) is 39.9 Å². The molecule has 0 amide bonds. The second kappa shape index (κ2) is 12.4. The van der Waals surface area contributed by atoms with Crippen molar-refractivity contribution in [1.82, 2.24) is 19.5 Å². The van der Waals surface area contributed by atoms with E-state index in [1.165, 1.54) is 37.0 Å². The van der Waals surface area contributed by atoms with Gasteiger partial charge in [0.25, 0.3) is 0 Å². The average Bonchev–Trinajstić information content (AvgIpc) is 3.98. The second-order valence-corrected chi connectivity index (χ2v) is 16.2.